The summed E-state index contributed by atoms with van der Waals surface area (Å²) < 4.78 is 13.1. The lowest BCUT2D eigenvalue weighted by atomic mass is 10.0. The van der Waals surface area contributed by atoms with Crippen LogP contribution in [-0.2, 0) is 17.8 Å². The number of benzene rings is 2. The lowest BCUT2D eigenvalue weighted by Crippen LogP contribution is -2.41. The fourth-order valence-corrected chi connectivity index (χ4v) is 4.56. The molecule has 0 radical (unpaired) electrons. The molecule has 0 aliphatic carbocycles. The highest BCUT2D eigenvalue weighted by molar-refractivity contribution is 7.97. The number of fused-ring (bicyclic) bond motifs is 1. The summed E-state index contributed by atoms with van der Waals surface area (Å²) >= 11 is 1.56. The second-order valence-electron chi connectivity index (χ2n) is 7.15. The van der Waals surface area contributed by atoms with Gasteiger partial charge in [0, 0.05) is 17.1 Å². The first-order valence-electron chi connectivity index (χ1n) is 10.3. The summed E-state index contributed by atoms with van der Waals surface area (Å²) in [5, 5.41) is 0. The molecule has 5 nitrogen and oxygen atoms in total. The van der Waals surface area contributed by atoms with Crippen molar-refractivity contribution in [2.75, 3.05) is 24.6 Å². The van der Waals surface area contributed by atoms with Crippen LogP contribution in [0.15, 0.2) is 76.2 Å². The lowest BCUT2D eigenvalue weighted by molar-refractivity contribution is -0.118. The minimum atomic E-state index is 0.104. The number of anilines is 1. The first kappa shape index (κ1) is 20.6. The SMILES string of the molecule is CCOc1ccc(SN(CC(=O)N2CCCc3ccccc32)Cc2ccco2)cc1. The Hall–Kier alpha value is -2.70. The maximum absolute atomic E-state index is 13.2. The van der Waals surface area contributed by atoms with Crippen LogP contribution < -0.4 is 9.64 Å². The van der Waals surface area contributed by atoms with Gasteiger partial charge in [-0.25, -0.2) is 4.31 Å². The molecule has 1 amide bonds. The van der Waals surface area contributed by atoms with Crippen LogP contribution in [0.25, 0.3) is 0 Å². The molecule has 0 atom stereocenters. The summed E-state index contributed by atoms with van der Waals surface area (Å²) in [6.07, 6.45) is 3.68. The van der Waals surface area contributed by atoms with Crippen molar-refractivity contribution >= 4 is 23.5 Å². The van der Waals surface area contributed by atoms with Crippen molar-refractivity contribution in [1.82, 2.24) is 4.31 Å². The zero-order chi connectivity index (χ0) is 20.8. The summed E-state index contributed by atoms with van der Waals surface area (Å²) in [5.74, 6) is 1.79. The van der Waals surface area contributed by atoms with Crippen LogP contribution in [0.4, 0.5) is 5.69 Å². The molecule has 0 unspecified atom stereocenters. The van der Waals surface area contributed by atoms with Gasteiger partial charge in [0.15, 0.2) is 0 Å². The first-order valence-corrected chi connectivity index (χ1v) is 11.1. The normalized spacial score (nSPS) is 13.3. The molecule has 2 heterocycles. The Balaban J connectivity index is 1.49. The Morgan fingerprint density at radius 1 is 1.13 bits per heavy atom. The van der Waals surface area contributed by atoms with Gasteiger partial charge in [0.05, 0.1) is 26.0 Å². The van der Waals surface area contributed by atoms with Gasteiger partial charge in [0.1, 0.15) is 11.5 Å². The quantitative estimate of drug-likeness (QED) is 0.469. The summed E-state index contributed by atoms with van der Waals surface area (Å²) in [4.78, 5) is 16.2. The third kappa shape index (κ3) is 5.07. The molecule has 0 saturated carbocycles. The standard InChI is InChI=1S/C24H26N2O3S/c1-2-28-20-11-13-22(14-12-20)30-25(17-21-9-6-16-29-21)18-24(27)26-15-5-8-19-7-3-4-10-23(19)26/h3-4,6-7,9-14,16H,2,5,8,15,17-18H2,1H3. The molecule has 0 spiro atoms. The van der Waals surface area contributed by atoms with Crippen LogP contribution in [0.2, 0.25) is 0 Å². The number of aryl methyl sites for hydroxylation is 1. The van der Waals surface area contributed by atoms with Crippen LogP contribution >= 0.6 is 11.9 Å². The first-order chi connectivity index (χ1) is 14.7. The van der Waals surface area contributed by atoms with E-state index in [-0.39, 0.29) is 5.91 Å². The molecule has 6 heteroatoms. The Morgan fingerprint density at radius 3 is 2.73 bits per heavy atom. The molecular formula is C24H26N2O3S. The summed E-state index contributed by atoms with van der Waals surface area (Å²) in [5.41, 5.74) is 2.28. The fourth-order valence-electron chi connectivity index (χ4n) is 3.64. The molecule has 4 rings (SSSR count). The molecule has 156 valence electrons. The second kappa shape index (κ2) is 9.87. The number of furan rings is 1. The average Bonchev–Trinajstić information content (AvgIpc) is 3.28. The zero-order valence-corrected chi connectivity index (χ0v) is 17.9. The van der Waals surface area contributed by atoms with Gasteiger partial charge < -0.3 is 14.1 Å². The Bertz CT molecular complexity index is 957. The van der Waals surface area contributed by atoms with Gasteiger partial charge in [0.25, 0.3) is 0 Å². The van der Waals surface area contributed by atoms with E-state index in [9.17, 15) is 4.79 Å². The highest BCUT2D eigenvalue weighted by atomic mass is 32.2. The van der Waals surface area contributed by atoms with E-state index in [0.29, 0.717) is 19.7 Å². The van der Waals surface area contributed by atoms with Gasteiger partial charge in [0.2, 0.25) is 5.91 Å². The number of amides is 1. The van der Waals surface area contributed by atoms with Gasteiger partial charge in [-0.2, -0.15) is 0 Å². The minimum Gasteiger partial charge on any atom is -0.494 e. The summed E-state index contributed by atoms with van der Waals surface area (Å²) in [6, 6.07) is 20.0. The molecule has 3 aromatic rings. The average molecular weight is 423 g/mol. The molecule has 0 saturated heterocycles. The molecule has 1 aliphatic rings. The van der Waals surface area contributed by atoms with E-state index in [1.54, 1.807) is 18.2 Å². The largest absolute Gasteiger partial charge is 0.494 e. The topological polar surface area (TPSA) is 45.9 Å². The van der Waals surface area contributed by atoms with E-state index in [4.69, 9.17) is 9.15 Å². The van der Waals surface area contributed by atoms with Gasteiger partial charge in [-0.05, 0) is 79.7 Å². The van der Waals surface area contributed by atoms with E-state index in [0.717, 1.165) is 41.5 Å². The number of hydrogen-bond acceptors (Lipinski definition) is 5. The Morgan fingerprint density at radius 2 is 1.97 bits per heavy atom. The zero-order valence-electron chi connectivity index (χ0n) is 17.1. The minimum absolute atomic E-state index is 0.104. The molecule has 2 aromatic carbocycles. The second-order valence-corrected chi connectivity index (χ2v) is 8.32. The van der Waals surface area contributed by atoms with E-state index < -0.39 is 0 Å². The van der Waals surface area contributed by atoms with Gasteiger partial charge in [-0.3, -0.25) is 4.79 Å². The van der Waals surface area contributed by atoms with Gasteiger partial charge in [-0.1, -0.05) is 18.2 Å². The highest BCUT2D eigenvalue weighted by Gasteiger charge is 2.24. The lowest BCUT2D eigenvalue weighted by Gasteiger charge is -2.31. The Kier molecular flexibility index (Phi) is 6.77. The van der Waals surface area contributed by atoms with Crippen LogP contribution in [0.3, 0.4) is 0 Å². The van der Waals surface area contributed by atoms with Crippen LogP contribution in [0.5, 0.6) is 5.75 Å². The molecule has 1 aliphatic heterocycles. The highest BCUT2D eigenvalue weighted by Crippen LogP contribution is 2.30. The number of carbonyl (C=O) groups is 1. The van der Waals surface area contributed by atoms with E-state index in [1.165, 1.54) is 5.56 Å². The third-order valence-electron chi connectivity index (χ3n) is 5.00. The number of hydrogen-bond donors (Lipinski definition) is 0. The van der Waals surface area contributed by atoms with Crippen molar-refractivity contribution in [1.29, 1.82) is 0 Å². The number of para-hydroxylation sites is 1. The number of nitrogens with zero attached hydrogens (tertiary/aromatic N) is 2. The summed E-state index contributed by atoms with van der Waals surface area (Å²) in [7, 11) is 0. The fraction of sp³-hybridized carbons (Fsp3) is 0.292. The van der Waals surface area contributed by atoms with Crippen molar-refractivity contribution in [2.45, 2.75) is 31.2 Å². The van der Waals surface area contributed by atoms with Crippen molar-refractivity contribution in [3.8, 4) is 5.75 Å². The van der Waals surface area contributed by atoms with Gasteiger partial charge in [-0.15, -0.1) is 0 Å². The van der Waals surface area contributed by atoms with Gasteiger partial charge >= 0.3 is 0 Å². The van der Waals surface area contributed by atoms with E-state index >= 15 is 0 Å². The van der Waals surface area contributed by atoms with Crippen LogP contribution in [0, 0.1) is 0 Å². The molecule has 0 fully saturated rings. The van der Waals surface area contributed by atoms with Crippen molar-refractivity contribution < 1.29 is 13.9 Å². The summed E-state index contributed by atoms with van der Waals surface area (Å²) in [6.45, 7) is 4.22. The monoisotopic (exact) mass is 422 g/mol. The van der Waals surface area contributed by atoms with E-state index in [1.807, 2.05) is 70.7 Å². The molecule has 0 bridgehead atoms. The predicted octanol–water partition coefficient (Wildman–Crippen LogP) is 5.17. The molecular weight excluding hydrogens is 396 g/mol. The predicted molar refractivity (Wildman–Crippen MR) is 120 cm³/mol. The maximum Gasteiger partial charge on any atom is 0.242 e. The number of ether oxygens (including phenoxy) is 1. The Labute approximate surface area is 181 Å². The third-order valence-corrected chi connectivity index (χ3v) is 6.00. The number of rotatable bonds is 8. The molecule has 0 N–H and O–H groups in total. The van der Waals surface area contributed by atoms with Crippen molar-refractivity contribution in [2.24, 2.45) is 0 Å². The van der Waals surface area contributed by atoms with Crippen LogP contribution in [0.1, 0.15) is 24.7 Å². The van der Waals surface area contributed by atoms with E-state index in [2.05, 4.69) is 6.07 Å². The molecule has 30 heavy (non-hydrogen) atoms. The van der Waals surface area contributed by atoms with Crippen molar-refractivity contribution in [3.63, 3.8) is 0 Å². The van der Waals surface area contributed by atoms with Crippen molar-refractivity contribution in [3.05, 3.63) is 78.3 Å². The smallest absolute Gasteiger partial charge is 0.242 e. The van der Waals surface area contributed by atoms with Crippen LogP contribution in [-0.4, -0.2) is 29.9 Å². The molecule has 1 aromatic heterocycles. The maximum atomic E-state index is 13.2. The number of carbonyl (C=O) groups excluding carboxylic acids is 1.